The molecule has 0 fully saturated rings. The molecule has 18 heavy (non-hydrogen) atoms. The number of nitrogens with two attached hydrogens (primary N) is 1. The van der Waals surface area contributed by atoms with Crippen molar-refractivity contribution >= 4 is 11.8 Å². The molecule has 0 bridgehead atoms. The van der Waals surface area contributed by atoms with E-state index in [2.05, 4.69) is 18.2 Å². The first kappa shape index (κ1) is 15.5. The van der Waals surface area contributed by atoms with Gasteiger partial charge >= 0.3 is 0 Å². The molecule has 1 unspecified atom stereocenters. The number of nitrogens with zero attached hydrogens (tertiary/aromatic N) is 1. The van der Waals surface area contributed by atoms with Crippen LogP contribution in [0.15, 0.2) is 18.2 Å². The van der Waals surface area contributed by atoms with Crippen molar-refractivity contribution in [1.82, 2.24) is 4.90 Å². The zero-order valence-electron chi connectivity index (χ0n) is 11.4. The third-order valence-electron chi connectivity index (χ3n) is 3.12. The van der Waals surface area contributed by atoms with Crippen molar-refractivity contribution in [2.75, 3.05) is 32.1 Å². The van der Waals surface area contributed by atoms with Gasteiger partial charge < -0.3 is 10.6 Å². The molecule has 0 heterocycles. The van der Waals surface area contributed by atoms with Gasteiger partial charge in [0.15, 0.2) is 0 Å². The Balaban J connectivity index is 2.44. The minimum atomic E-state index is -0.168. The highest BCUT2D eigenvalue weighted by molar-refractivity contribution is 7.98. The zero-order valence-corrected chi connectivity index (χ0v) is 12.3. The van der Waals surface area contributed by atoms with Gasteiger partial charge in [-0.2, -0.15) is 11.8 Å². The molecule has 102 valence electrons. The van der Waals surface area contributed by atoms with Crippen LogP contribution in [-0.2, 0) is 0 Å². The minimum Gasteiger partial charge on any atom is -0.324 e. The maximum Gasteiger partial charge on any atom is 0.126 e. The van der Waals surface area contributed by atoms with Crippen LogP contribution in [0.1, 0.15) is 23.6 Å². The van der Waals surface area contributed by atoms with Crippen LogP contribution in [0, 0.1) is 12.7 Å². The molecule has 2 nitrogen and oxygen atoms in total. The summed E-state index contributed by atoms with van der Waals surface area (Å²) < 4.78 is 13.4. The number of hydrogen-bond acceptors (Lipinski definition) is 3. The van der Waals surface area contributed by atoms with E-state index in [1.807, 2.05) is 17.8 Å². The standard InChI is InChI=1S/C14H23FN2S/c1-11-4-5-12(10-13(11)15)14(16)6-7-17(2)8-9-18-3/h4-5,10,14H,6-9,16H2,1-3H3. The lowest BCUT2D eigenvalue weighted by atomic mass is 10.0. The maximum atomic E-state index is 13.4. The smallest absolute Gasteiger partial charge is 0.126 e. The Morgan fingerprint density at radius 1 is 1.39 bits per heavy atom. The van der Waals surface area contributed by atoms with Gasteiger partial charge in [-0.15, -0.1) is 0 Å². The summed E-state index contributed by atoms with van der Waals surface area (Å²) in [4.78, 5) is 2.26. The topological polar surface area (TPSA) is 29.3 Å². The lowest BCUT2D eigenvalue weighted by Crippen LogP contribution is -2.25. The fourth-order valence-electron chi connectivity index (χ4n) is 1.72. The number of hydrogen-bond donors (Lipinski definition) is 1. The van der Waals surface area contributed by atoms with Crippen molar-refractivity contribution < 1.29 is 4.39 Å². The third-order valence-corrected chi connectivity index (χ3v) is 3.71. The van der Waals surface area contributed by atoms with Gasteiger partial charge in [-0.1, -0.05) is 12.1 Å². The normalized spacial score (nSPS) is 13.0. The molecule has 0 aromatic heterocycles. The molecule has 4 heteroatoms. The van der Waals surface area contributed by atoms with E-state index in [-0.39, 0.29) is 11.9 Å². The Morgan fingerprint density at radius 3 is 2.72 bits per heavy atom. The first-order valence-corrected chi connectivity index (χ1v) is 7.63. The van der Waals surface area contributed by atoms with E-state index in [9.17, 15) is 4.39 Å². The molecule has 0 saturated carbocycles. The molecule has 1 aromatic rings. The molecule has 0 saturated heterocycles. The summed E-state index contributed by atoms with van der Waals surface area (Å²) >= 11 is 1.84. The van der Waals surface area contributed by atoms with Crippen LogP contribution in [0.4, 0.5) is 4.39 Å². The average molecular weight is 270 g/mol. The first-order chi connectivity index (χ1) is 8.54. The van der Waals surface area contributed by atoms with E-state index in [4.69, 9.17) is 5.73 Å². The Morgan fingerprint density at radius 2 is 2.11 bits per heavy atom. The SMILES string of the molecule is CSCCN(C)CCC(N)c1ccc(C)c(F)c1. The molecular formula is C14H23FN2S. The van der Waals surface area contributed by atoms with Crippen molar-refractivity contribution in [1.29, 1.82) is 0 Å². The van der Waals surface area contributed by atoms with Gasteiger partial charge in [-0.05, 0) is 50.4 Å². The predicted octanol–water partition coefficient (Wildman–Crippen LogP) is 2.82. The molecular weight excluding hydrogens is 247 g/mol. The molecule has 1 aromatic carbocycles. The van der Waals surface area contributed by atoms with Crippen molar-refractivity contribution in [2.24, 2.45) is 5.73 Å². The maximum absolute atomic E-state index is 13.4. The second kappa shape index (κ2) is 7.77. The van der Waals surface area contributed by atoms with Crippen molar-refractivity contribution in [3.63, 3.8) is 0 Å². The van der Waals surface area contributed by atoms with Crippen molar-refractivity contribution in [3.05, 3.63) is 35.1 Å². The van der Waals surface area contributed by atoms with E-state index in [0.29, 0.717) is 5.56 Å². The number of benzene rings is 1. The van der Waals surface area contributed by atoms with Gasteiger partial charge in [0.2, 0.25) is 0 Å². The van der Waals surface area contributed by atoms with Gasteiger partial charge in [0.1, 0.15) is 5.82 Å². The van der Waals surface area contributed by atoms with Crippen LogP contribution >= 0.6 is 11.8 Å². The van der Waals surface area contributed by atoms with Gasteiger partial charge in [0.05, 0.1) is 0 Å². The second-order valence-corrected chi connectivity index (χ2v) is 5.69. The highest BCUT2D eigenvalue weighted by Gasteiger charge is 2.09. The van der Waals surface area contributed by atoms with Crippen LogP contribution in [-0.4, -0.2) is 37.0 Å². The highest BCUT2D eigenvalue weighted by atomic mass is 32.2. The lowest BCUT2D eigenvalue weighted by molar-refractivity contribution is 0.337. The summed E-state index contributed by atoms with van der Waals surface area (Å²) in [5, 5.41) is 0. The number of halogens is 1. The van der Waals surface area contributed by atoms with E-state index < -0.39 is 0 Å². The Hall–Kier alpha value is -0.580. The summed E-state index contributed by atoms with van der Waals surface area (Å²) in [5.41, 5.74) is 7.65. The summed E-state index contributed by atoms with van der Waals surface area (Å²) in [6.07, 6.45) is 2.96. The van der Waals surface area contributed by atoms with Crippen molar-refractivity contribution in [2.45, 2.75) is 19.4 Å². The van der Waals surface area contributed by atoms with E-state index in [0.717, 1.165) is 30.8 Å². The third kappa shape index (κ3) is 4.96. The zero-order chi connectivity index (χ0) is 13.5. The number of thioether (sulfide) groups is 1. The quantitative estimate of drug-likeness (QED) is 0.826. The van der Waals surface area contributed by atoms with Gasteiger partial charge in [-0.25, -0.2) is 4.39 Å². The van der Waals surface area contributed by atoms with Gasteiger partial charge in [-0.3, -0.25) is 0 Å². The van der Waals surface area contributed by atoms with Gasteiger partial charge in [0.25, 0.3) is 0 Å². The summed E-state index contributed by atoms with van der Waals surface area (Å²) in [7, 11) is 2.10. The molecule has 0 spiro atoms. The fourth-order valence-corrected chi connectivity index (χ4v) is 2.22. The van der Waals surface area contributed by atoms with Crippen LogP contribution in [0.3, 0.4) is 0 Å². The molecule has 0 aliphatic rings. The van der Waals surface area contributed by atoms with Crippen LogP contribution in [0.25, 0.3) is 0 Å². The summed E-state index contributed by atoms with van der Waals surface area (Å²) in [6, 6.07) is 5.19. The summed E-state index contributed by atoms with van der Waals surface area (Å²) in [5.74, 6) is 0.962. The first-order valence-electron chi connectivity index (χ1n) is 6.23. The fraction of sp³-hybridized carbons (Fsp3) is 0.571. The molecule has 1 atom stereocenters. The van der Waals surface area contributed by atoms with Crippen molar-refractivity contribution in [3.8, 4) is 0 Å². The van der Waals surface area contributed by atoms with Crippen LogP contribution in [0.2, 0.25) is 0 Å². The molecule has 0 aliphatic heterocycles. The Bertz CT molecular complexity index is 371. The van der Waals surface area contributed by atoms with Crippen LogP contribution < -0.4 is 5.73 Å². The van der Waals surface area contributed by atoms with E-state index in [1.165, 1.54) is 0 Å². The molecule has 0 radical (unpaired) electrons. The molecule has 2 N–H and O–H groups in total. The Kier molecular flexibility index (Phi) is 6.68. The van der Waals surface area contributed by atoms with Gasteiger partial charge in [0, 0.05) is 18.3 Å². The monoisotopic (exact) mass is 270 g/mol. The number of aryl methyl sites for hydroxylation is 1. The molecule has 1 rings (SSSR count). The largest absolute Gasteiger partial charge is 0.324 e. The average Bonchev–Trinajstić information content (AvgIpc) is 2.36. The van der Waals surface area contributed by atoms with E-state index in [1.54, 1.807) is 19.1 Å². The predicted molar refractivity (Wildman–Crippen MR) is 78.6 cm³/mol. The minimum absolute atomic E-state index is 0.0863. The highest BCUT2D eigenvalue weighted by Crippen LogP contribution is 2.17. The Labute approximate surface area is 114 Å². The molecule has 0 aliphatic carbocycles. The summed E-state index contributed by atoms with van der Waals surface area (Å²) in [6.45, 7) is 3.77. The molecule has 0 amide bonds. The second-order valence-electron chi connectivity index (χ2n) is 4.70. The van der Waals surface area contributed by atoms with E-state index >= 15 is 0 Å². The lowest BCUT2D eigenvalue weighted by Gasteiger charge is -2.19. The van der Waals surface area contributed by atoms with Crippen LogP contribution in [0.5, 0.6) is 0 Å². The number of rotatable bonds is 7.